The van der Waals surface area contributed by atoms with Crippen LogP contribution in [0.1, 0.15) is 10.4 Å². The standard InChI is InChI=1S/C25H24N4O4S2/c1-33-22-7-3-2-6-21(22)28-13-15-29(16-14-28)25(30)18-9-11-19(12-10-18)27-35(31,32)23-8-4-5-20-24(23)34-17-26-20/h2-12,17,27H,13-16H2,1H3. The number of thiazole rings is 1. The molecule has 8 nitrogen and oxygen atoms in total. The summed E-state index contributed by atoms with van der Waals surface area (Å²) in [5.74, 6) is 0.741. The summed E-state index contributed by atoms with van der Waals surface area (Å²) in [7, 11) is -2.14. The Morgan fingerprint density at radius 1 is 0.971 bits per heavy atom. The Morgan fingerprint density at radius 2 is 1.71 bits per heavy atom. The first-order chi connectivity index (χ1) is 17.0. The Bertz CT molecular complexity index is 1460. The van der Waals surface area contributed by atoms with Gasteiger partial charge in [-0.3, -0.25) is 9.52 Å². The molecule has 180 valence electrons. The second kappa shape index (κ2) is 9.55. The zero-order chi connectivity index (χ0) is 24.4. The summed E-state index contributed by atoms with van der Waals surface area (Å²) in [6.07, 6.45) is 0. The second-order valence-corrected chi connectivity index (χ2v) is 10.6. The summed E-state index contributed by atoms with van der Waals surface area (Å²) >= 11 is 1.28. The summed E-state index contributed by atoms with van der Waals surface area (Å²) in [5.41, 5.74) is 4.20. The van der Waals surface area contributed by atoms with Crippen molar-refractivity contribution in [3.63, 3.8) is 0 Å². The van der Waals surface area contributed by atoms with Crippen LogP contribution in [-0.2, 0) is 10.0 Å². The van der Waals surface area contributed by atoms with E-state index in [2.05, 4.69) is 14.6 Å². The van der Waals surface area contributed by atoms with Gasteiger partial charge in [-0.2, -0.15) is 0 Å². The highest BCUT2D eigenvalue weighted by Gasteiger charge is 2.24. The Hall–Kier alpha value is -3.63. The van der Waals surface area contributed by atoms with Gasteiger partial charge in [0.2, 0.25) is 0 Å². The number of hydrogen-bond donors (Lipinski definition) is 1. The maximum Gasteiger partial charge on any atom is 0.263 e. The van der Waals surface area contributed by atoms with Crippen molar-refractivity contribution in [3.8, 4) is 5.75 Å². The van der Waals surface area contributed by atoms with Gasteiger partial charge in [-0.05, 0) is 48.5 Å². The summed E-state index contributed by atoms with van der Waals surface area (Å²) in [6, 6.07) is 19.4. The first kappa shape index (κ1) is 23.1. The lowest BCUT2D eigenvalue weighted by molar-refractivity contribution is 0.0746. The van der Waals surface area contributed by atoms with Crippen molar-refractivity contribution in [2.75, 3.05) is 42.9 Å². The van der Waals surface area contributed by atoms with Crippen LogP contribution in [0.15, 0.2) is 77.1 Å². The van der Waals surface area contributed by atoms with E-state index in [9.17, 15) is 13.2 Å². The number of amides is 1. The van der Waals surface area contributed by atoms with Crippen molar-refractivity contribution in [2.45, 2.75) is 4.90 Å². The van der Waals surface area contributed by atoms with Gasteiger partial charge in [-0.25, -0.2) is 13.4 Å². The number of ether oxygens (including phenoxy) is 1. The fourth-order valence-electron chi connectivity index (χ4n) is 4.19. The number of carbonyl (C=O) groups is 1. The molecule has 0 spiro atoms. The molecule has 1 saturated heterocycles. The number of rotatable bonds is 6. The summed E-state index contributed by atoms with van der Waals surface area (Å²) in [6.45, 7) is 2.58. The van der Waals surface area contributed by atoms with E-state index >= 15 is 0 Å². The largest absolute Gasteiger partial charge is 0.495 e. The lowest BCUT2D eigenvalue weighted by Gasteiger charge is -2.36. The van der Waals surface area contributed by atoms with Crippen molar-refractivity contribution >= 4 is 48.9 Å². The van der Waals surface area contributed by atoms with Crippen molar-refractivity contribution < 1.29 is 17.9 Å². The molecule has 0 radical (unpaired) electrons. The van der Waals surface area contributed by atoms with Crippen LogP contribution in [0.4, 0.5) is 11.4 Å². The van der Waals surface area contributed by atoms with E-state index in [1.165, 1.54) is 11.3 Å². The summed E-state index contributed by atoms with van der Waals surface area (Å²) < 4.78 is 34.6. The molecule has 10 heteroatoms. The number of methoxy groups -OCH3 is 1. The van der Waals surface area contributed by atoms with Crippen LogP contribution in [0.2, 0.25) is 0 Å². The maximum absolute atomic E-state index is 13.0. The second-order valence-electron chi connectivity index (χ2n) is 8.09. The molecule has 0 aliphatic carbocycles. The van der Waals surface area contributed by atoms with Gasteiger partial charge >= 0.3 is 0 Å². The van der Waals surface area contributed by atoms with Crippen LogP contribution in [-0.4, -0.2) is 57.5 Å². The number of nitrogens with one attached hydrogen (secondary N) is 1. The molecule has 1 N–H and O–H groups in total. The molecule has 5 rings (SSSR count). The quantitative estimate of drug-likeness (QED) is 0.422. The van der Waals surface area contributed by atoms with Crippen LogP contribution in [0.3, 0.4) is 0 Å². The first-order valence-electron chi connectivity index (χ1n) is 11.1. The van der Waals surface area contributed by atoms with E-state index in [1.54, 1.807) is 55.1 Å². The van der Waals surface area contributed by atoms with Gasteiger partial charge in [0.15, 0.2) is 0 Å². The highest BCUT2D eigenvalue weighted by Crippen LogP contribution is 2.29. The Labute approximate surface area is 207 Å². The van der Waals surface area contributed by atoms with Gasteiger partial charge in [-0.15, -0.1) is 11.3 Å². The maximum atomic E-state index is 13.0. The fraction of sp³-hybridized carbons (Fsp3) is 0.200. The predicted molar refractivity (Wildman–Crippen MR) is 138 cm³/mol. The number of aromatic nitrogens is 1. The molecule has 1 aliphatic heterocycles. The SMILES string of the molecule is COc1ccccc1N1CCN(C(=O)c2ccc(NS(=O)(=O)c3cccc4ncsc34)cc2)CC1. The summed E-state index contributed by atoms with van der Waals surface area (Å²) in [4.78, 5) is 21.4. The van der Waals surface area contributed by atoms with E-state index in [0.29, 0.717) is 47.6 Å². The number of fused-ring (bicyclic) bond motifs is 1. The molecule has 2 heterocycles. The van der Waals surface area contributed by atoms with Gasteiger partial charge in [0, 0.05) is 37.4 Å². The highest BCUT2D eigenvalue weighted by molar-refractivity contribution is 7.93. The Balaban J connectivity index is 1.24. The van der Waals surface area contributed by atoms with Crippen LogP contribution >= 0.6 is 11.3 Å². The molecular formula is C25H24N4O4S2. The van der Waals surface area contributed by atoms with E-state index in [0.717, 1.165) is 11.4 Å². The van der Waals surface area contributed by atoms with E-state index in [4.69, 9.17) is 4.74 Å². The van der Waals surface area contributed by atoms with Crippen molar-refractivity contribution in [2.24, 2.45) is 0 Å². The molecule has 0 bridgehead atoms. The third kappa shape index (κ3) is 4.67. The zero-order valence-electron chi connectivity index (χ0n) is 19.0. The van der Waals surface area contributed by atoms with Gasteiger partial charge < -0.3 is 14.5 Å². The molecule has 1 fully saturated rings. The average molecular weight is 509 g/mol. The van der Waals surface area contributed by atoms with Crippen LogP contribution in [0.5, 0.6) is 5.75 Å². The molecular weight excluding hydrogens is 484 g/mol. The molecule has 1 aromatic heterocycles. The lowest BCUT2D eigenvalue weighted by Crippen LogP contribution is -2.48. The monoisotopic (exact) mass is 508 g/mol. The highest BCUT2D eigenvalue weighted by atomic mass is 32.2. The number of benzene rings is 3. The fourth-order valence-corrected chi connectivity index (χ4v) is 6.52. The molecule has 0 saturated carbocycles. The number of anilines is 2. The van der Waals surface area contributed by atoms with Crippen LogP contribution in [0.25, 0.3) is 10.2 Å². The van der Waals surface area contributed by atoms with Crippen LogP contribution < -0.4 is 14.4 Å². The number of carbonyl (C=O) groups excluding carboxylic acids is 1. The molecule has 3 aromatic carbocycles. The number of hydrogen-bond acceptors (Lipinski definition) is 7. The zero-order valence-corrected chi connectivity index (χ0v) is 20.7. The Morgan fingerprint density at radius 3 is 2.46 bits per heavy atom. The third-order valence-corrected chi connectivity index (χ3v) is 8.42. The molecule has 1 aliphatic rings. The topological polar surface area (TPSA) is 91.8 Å². The molecule has 4 aromatic rings. The molecule has 35 heavy (non-hydrogen) atoms. The van der Waals surface area contributed by atoms with Crippen molar-refractivity contribution in [1.82, 2.24) is 9.88 Å². The predicted octanol–water partition coefficient (Wildman–Crippen LogP) is 4.07. The van der Waals surface area contributed by atoms with Gasteiger partial charge in [-0.1, -0.05) is 18.2 Å². The van der Waals surface area contributed by atoms with Crippen LogP contribution in [0, 0.1) is 0 Å². The Kier molecular flexibility index (Phi) is 6.31. The van der Waals surface area contributed by atoms with Crippen molar-refractivity contribution in [3.05, 3.63) is 77.8 Å². The number of piperazine rings is 1. The molecule has 0 atom stereocenters. The number of sulfonamides is 1. The molecule has 1 amide bonds. The van der Waals surface area contributed by atoms with E-state index in [-0.39, 0.29) is 10.8 Å². The first-order valence-corrected chi connectivity index (χ1v) is 13.4. The van der Waals surface area contributed by atoms with Crippen molar-refractivity contribution in [1.29, 1.82) is 0 Å². The van der Waals surface area contributed by atoms with Gasteiger partial charge in [0.25, 0.3) is 15.9 Å². The summed E-state index contributed by atoms with van der Waals surface area (Å²) in [5, 5.41) is 0. The van der Waals surface area contributed by atoms with E-state index < -0.39 is 10.0 Å². The minimum Gasteiger partial charge on any atom is -0.495 e. The lowest BCUT2D eigenvalue weighted by atomic mass is 10.1. The van der Waals surface area contributed by atoms with E-state index in [1.807, 2.05) is 29.2 Å². The average Bonchev–Trinajstić information content (AvgIpc) is 3.37. The number of nitrogens with zero attached hydrogens (tertiary/aromatic N) is 3. The smallest absolute Gasteiger partial charge is 0.263 e. The number of para-hydroxylation sites is 2. The minimum absolute atomic E-state index is 0.0755. The normalized spacial score (nSPS) is 14.2. The van der Waals surface area contributed by atoms with Gasteiger partial charge in [0.1, 0.15) is 10.6 Å². The minimum atomic E-state index is -3.79. The third-order valence-electron chi connectivity index (χ3n) is 5.99. The molecule has 0 unspecified atom stereocenters. The van der Waals surface area contributed by atoms with Gasteiger partial charge in [0.05, 0.1) is 28.5 Å².